The molecule has 0 spiro atoms. The molecule has 0 aromatic heterocycles. The molecule has 27 heavy (non-hydrogen) atoms. The second kappa shape index (κ2) is 11.6. The molecule has 1 heterocycles. The number of hydrogen-bond acceptors (Lipinski definition) is 6. The highest BCUT2D eigenvalue weighted by Crippen LogP contribution is 2.19. The van der Waals surface area contributed by atoms with Crippen LogP contribution in [0.3, 0.4) is 0 Å². The van der Waals surface area contributed by atoms with Crippen molar-refractivity contribution in [3.05, 3.63) is 0 Å². The molecule has 0 unspecified atom stereocenters. The quantitative estimate of drug-likeness (QED) is 0.286. The van der Waals surface area contributed by atoms with Crippen LogP contribution >= 0.6 is 0 Å². The van der Waals surface area contributed by atoms with Gasteiger partial charge in [-0.05, 0) is 46.5 Å². The highest BCUT2D eigenvalue weighted by atomic mass is 16.6. The first-order chi connectivity index (χ1) is 12.7. The Morgan fingerprint density at radius 1 is 1.15 bits per heavy atom. The van der Waals surface area contributed by atoms with E-state index in [4.69, 9.17) is 4.74 Å². The summed E-state index contributed by atoms with van der Waals surface area (Å²) >= 11 is 0. The first-order valence-corrected chi connectivity index (χ1v) is 9.61. The summed E-state index contributed by atoms with van der Waals surface area (Å²) in [6.45, 7) is 6.13. The van der Waals surface area contributed by atoms with E-state index >= 15 is 0 Å². The number of carbonyl (C=O) groups excluding carboxylic acids is 3. The number of amides is 2. The van der Waals surface area contributed by atoms with E-state index in [2.05, 4.69) is 15.3 Å². The van der Waals surface area contributed by atoms with Crippen LogP contribution in [0.5, 0.6) is 0 Å². The maximum Gasteiger partial charge on any atom is 0.410 e. The molecule has 1 aliphatic rings. The number of unbranched alkanes of at least 4 members (excludes halogenated alkanes) is 3. The minimum atomic E-state index is -0.535. The number of methoxy groups -OCH3 is 1. The van der Waals surface area contributed by atoms with Gasteiger partial charge < -0.3 is 14.4 Å². The summed E-state index contributed by atoms with van der Waals surface area (Å²) in [6, 6.07) is -0.154. The Labute approximate surface area is 161 Å². The fourth-order valence-electron chi connectivity index (χ4n) is 2.76. The first-order valence-electron chi connectivity index (χ1n) is 9.61. The van der Waals surface area contributed by atoms with Crippen molar-refractivity contribution in [2.75, 3.05) is 13.7 Å². The van der Waals surface area contributed by atoms with Gasteiger partial charge in [-0.15, -0.1) is 0 Å². The van der Waals surface area contributed by atoms with Crippen molar-refractivity contribution in [3.63, 3.8) is 0 Å². The fourth-order valence-corrected chi connectivity index (χ4v) is 2.76. The number of likely N-dealkylation sites (tertiary alicyclic amines) is 1. The molecule has 8 nitrogen and oxygen atoms in total. The van der Waals surface area contributed by atoms with E-state index in [1.807, 2.05) is 20.8 Å². The Bertz CT molecular complexity index is 528. The summed E-state index contributed by atoms with van der Waals surface area (Å²) in [6.07, 6.45) is 7.03. The standard InChI is InChI=1S/C19H33N3O5/c1-19(2,3)27-18(25)22-13-9-10-15(22)14-20-21-16(23)11-7-5-6-8-12-17(24)26-4/h14-15H,5-13H2,1-4H3,(H,21,23)/b20-14+/t15-/m0/s1. The molecular weight excluding hydrogens is 350 g/mol. The highest BCUT2D eigenvalue weighted by Gasteiger charge is 2.31. The second-order valence-electron chi connectivity index (χ2n) is 7.69. The van der Waals surface area contributed by atoms with Gasteiger partial charge in [0, 0.05) is 25.6 Å². The Hall–Kier alpha value is -2.12. The number of carbonyl (C=O) groups is 3. The van der Waals surface area contributed by atoms with Gasteiger partial charge in [0.1, 0.15) is 5.60 Å². The Morgan fingerprint density at radius 2 is 1.81 bits per heavy atom. The molecule has 0 bridgehead atoms. The summed E-state index contributed by atoms with van der Waals surface area (Å²) in [4.78, 5) is 36.6. The third kappa shape index (κ3) is 9.96. The molecule has 1 fully saturated rings. The average molecular weight is 383 g/mol. The summed E-state index contributed by atoms with van der Waals surface area (Å²) < 4.78 is 9.97. The van der Waals surface area contributed by atoms with E-state index < -0.39 is 5.60 Å². The lowest BCUT2D eigenvalue weighted by atomic mass is 10.1. The Balaban J connectivity index is 2.23. The summed E-state index contributed by atoms with van der Waals surface area (Å²) in [7, 11) is 1.38. The predicted molar refractivity (Wildman–Crippen MR) is 102 cm³/mol. The number of nitrogens with zero attached hydrogens (tertiary/aromatic N) is 2. The van der Waals surface area contributed by atoms with Crippen LogP contribution in [0.2, 0.25) is 0 Å². The molecule has 8 heteroatoms. The number of ether oxygens (including phenoxy) is 2. The predicted octanol–water partition coefficient (Wildman–Crippen LogP) is 3.00. The lowest BCUT2D eigenvalue weighted by molar-refractivity contribution is -0.140. The molecule has 1 aliphatic heterocycles. The molecule has 0 aromatic rings. The zero-order valence-corrected chi connectivity index (χ0v) is 17.0. The number of hydrogen-bond donors (Lipinski definition) is 1. The third-order valence-corrected chi connectivity index (χ3v) is 4.13. The first kappa shape index (κ1) is 22.9. The van der Waals surface area contributed by atoms with Gasteiger partial charge in [-0.25, -0.2) is 10.2 Å². The van der Waals surface area contributed by atoms with E-state index in [9.17, 15) is 14.4 Å². The molecule has 1 N–H and O–H groups in total. The van der Waals surface area contributed by atoms with Crippen LogP contribution in [0, 0.1) is 0 Å². The van der Waals surface area contributed by atoms with Crippen LogP contribution in [0.25, 0.3) is 0 Å². The van der Waals surface area contributed by atoms with Crippen molar-refractivity contribution in [1.29, 1.82) is 0 Å². The molecule has 2 amide bonds. The van der Waals surface area contributed by atoms with Crippen LogP contribution in [0.4, 0.5) is 4.79 Å². The summed E-state index contributed by atoms with van der Waals surface area (Å²) in [5.74, 6) is -0.351. The van der Waals surface area contributed by atoms with E-state index in [1.165, 1.54) is 7.11 Å². The molecule has 0 radical (unpaired) electrons. The normalized spacial score (nSPS) is 17.2. The molecule has 1 rings (SSSR count). The Morgan fingerprint density at radius 3 is 2.44 bits per heavy atom. The zero-order valence-electron chi connectivity index (χ0n) is 17.0. The van der Waals surface area contributed by atoms with E-state index in [1.54, 1.807) is 11.1 Å². The van der Waals surface area contributed by atoms with E-state index in [-0.39, 0.29) is 24.0 Å². The van der Waals surface area contributed by atoms with Crippen molar-refractivity contribution in [2.45, 2.75) is 83.8 Å². The van der Waals surface area contributed by atoms with Crippen molar-refractivity contribution in [3.8, 4) is 0 Å². The lowest BCUT2D eigenvalue weighted by Gasteiger charge is -2.26. The minimum absolute atomic E-state index is 0.152. The SMILES string of the molecule is COC(=O)CCCCCCC(=O)N/N=C/[C@@H]1CCCN1C(=O)OC(C)(C)C. The molecule has 0 aliphatic carbocycles. The maximum absolute atomic E-state index is 12.2. The van der Waals surface area contributed by atoms with Crippen LogP contribution in [0.15, 0.2) is 5.10 Å². The van der Waals surface area contributed by atoms with Gasteiger partial charge in [-0.3, -0.25) is 9.59 Å². The third-order valence-electron chi connectivity index (χ3n) is 4.13. The van der Waals surface area contributed by atoms with Gasteiger partial charge in [0.05, 0.1) is 13.2 Å². The van der Waals surface area contributed by atoms with Gasteiger partial charge in [-0.2, -0.15) is 5.10 Å². The number of nitrogens with one attached hydrogen (secondary N) is 1. The van der Waals surface area contributed by atoms with E-state index in [0.717, 1.165) is 38.5 Å². The monoisotopic (exact) mass is 383 g/mol. The van der Waals surface area contributed by atoms with Gasteiger partial charge in [0.2, 0.25) is 5.91 Å². The molecule has 154 valence electrons. The zero-order chi connectivity index (χ0) is 20.3. The Kier molecular flexibility index (Phi) is 9.82. The lowest BCUT2D eigenvalue weighted by Crippen LogP contribution is -2.40. The van der Waals surface area contributed by atoms with Crippen molar-refractivity contribution in [1.82, 2.24) is 10.3 Å². The van der Waals surface area contributed by atoms with E-state index in [0.29, 0.717) is 19.4 Å². The van der Waals surface area contributed by atoms with Crippen molar-refractivity contribution >= 4 is 24.2 Å². The number of rotatable bonds is 9. The van der Waals surface area contributed by atoms with Crippen molar-refractivity contribution in [2.24, 2.45) is 5.10 Å². The smallest absolute Gasteiger partial charge is 0.410 e. The van der Waals surface area contributed by atoms with Crippen molar-refractivity contribution < 1.29 is 23.9 Å². The summed E-state index contributed by atoms with van der Waals surface area (Å²) in [5.41, 5.74) is 1.98. The van der Waals surface area contributed by atoms with Crippen LogP contribution < -0.4 is 5.43 Å². The topological polar surface area (TPSA) is 97.3 Å². The molecule has 0 saturated carbocycles. The van der Waals surface area contributed by atoms with Gasteiger partial charge in [0.25, 0.3) is 0 Å². The number of esters is 1. The highest BCUT2D eigenvalue weighted by molar-refractivity contribution is 5.79. The average Bonchev–Trinajstić information content (AvgIpc) is 3.04. The molecule has 1 atom stereocenters. The fraction of sp³-hybridized carbons (Fsp3) is 0.789. The minimum Gasteiger partial charge on any atom is -0.469 e. The molecular formula is C19H33N3O5. The van der Waals surface area contributed by atoms with Gasteiger partial charge >= 0.3 is 12.1 Å². The molecule has 0 aromatic carbocycles. The number of hydrazone groups is 1. The maximum atomic E-state index is 12.2. The van der Waals surface area contributed by atoms with Gasteiger partial charge in [0.15, 0.2) is 0 Å². The second-order valence-corrected chi connectivity index (χ2v) is 7.69. The van der Waals surface area contributed by atoms with Crippen LogP contribution in [0.1, 0.15) is 72.1 Å². The summed E-state index contributed by atoms with van der Waals surface area (Å²) in [5, 5.41) is 4.00. The largest absolute Gasteiger partial charge is 0.469 e. The van der Waals surface area contributed by atoms with Gasteiger partial charge in [-0.1, -0.05) is 12.8 Å². The molecule has 1 saturated heterocycles. The van der Waals surface area contributed by atoms with Crippen LogP contribution in [-0.2, 0) is 19.1 Å². The van der Waals surface area contributed by atoms with Crippen LogP contribution in [-0.4, -0.2) is 54.4 Å².